The zero-order valence-corrected chi connectivity index (χ0v) is 23.7. The number of fused-ring (bicyclic) bond motifs is 4. The van der Waals surface area contributed by atoms with E-state index < -0.39 is 23.7 Å². The summed E-state index contributed by atoms with van der Waals surface area (Å²) in [6, 6.07) is 21.1. The van der Waals surface area contributed by atoms with Crippen molar-refractivity contribution >= 4 is 40.2 Å². The van der Waals surface area contributed by atoms with Crippen LogP contribution in [0.15, 0.2) is 112 Å². The minimum atomic E-state index is -0.665. The maximum absolute atomic E-state index is 14.2. The van der Waals surface area contributed by atoms with Gasteiger partial charge < -0.3 is 9.52 Å². The Morgan fingerprint density at radius 1 is 0.886 bits per heavy atom. The lowest BCUT2D eigenvalue weighted by molar-refractivity contribution is -0.123. The number of aromatic nitrogens is 1. The molecule has 1 aliphatic heterocycles. The molecule has 8 rings (SSSR count). The number of benzene rings is 3. The van der Waals surface area contributed by atoms with Crippen LogP contribution >= 0.6 is 0 Å². The number of rotatable bonds is 3. The van der Waals surface area contributed by atoms with Crippen LogP contribution in [0.4, 0.5) is 5.69 Å². The van der Waals surface area contributed by atoms with Crippen LogP contribution in [-0.2, 0) is 19.2 Å². The number of para-hydroxylation sites is 2. The van der Waals surface area contributed by atoms with E-state index >= 15 is 0 Å². The highest BCUT2D eigenvalue weighted by Gasteiger charge is 2.56. The third kappa shape index (κ3) is 3.80. The van der Waals surface area contributed by atoms with Crippen molar-refractivity contribution in [1.82, 2.24) is 4.98 Å². The molecule has 8 heteroatoms. The van der Waals surface area contributed by atoms with E-state index in [9.17, 15) is 24.3 Å². The van der Waals surface area contributed by atoms with Gasteiger partial charge in [-0.25, -0.2) is 4.98 Å². The highest BCUT2D eigenvalue weighted by Crippen LogP contribution is 2.55. The van der Waals surface area contributed by atoms with Crippen LogP contribution in [0.1, 0.15) is 31.2 Å². The number of anilines is 1. The summed E-state index contributed by atoms with van der Waals surface area (Å²) in [6.07, 6.45) is 3.95. The van der Waals surface area contributed by atoms with Crippen molar-refractivity contribution < 1.29 is 28.7 Å². The number of hydrogen-bond acceptors (Lipinski definition) is 7. The van der Waals surface area contributed by atoms with Gasteiger partial charge in [-0.15, -0.1) is 0 Å². The van der Waals surface area contributed by atoms with E-state index in [4.69, 9.17) is 4.42 Å². The lowest BCUT2D eigenvalue weighted by atomic mass is 9.59. The molecule has 8 nitrogen and oxygen atoms in total. The van der Waals surface area contributed by atoms with E-state index in [0.717, 1.165) is 22.2 Å². The molecule has 0 spiro atoms. The average Bonchev–Trinajstić information content (AvgIpc) is 3.58. The molecule has 1 aromatic heterocycles. The largest absolute Gasteiger partial charge is 0.508 e. The number of aromatic hydroxyl groups is 1. The van der Waals surface area contributed by atoms with Crippen molar-refractivity contribution in [1.29, 1.82) is 0 Å². The molecule has 0 bridgehead atoms. The molecule has 44 heavy (non-hydrogen) atoms. The smallest absolute Gasteiger partial charge is 0.238 e. The highest BCUT2D eigenvalue weighted by atomic mass is 16.3. The number of hydrogen-bond donors (Lipinski definition) is 1. The third-order valence-corrected chi connectivity index (χ3v) is 9.45. The summed E-state index contributed by atoms with van der Waals surface area (Å²) >= 11 is 0. The average molecular weight is 583 g/mol. The Morgan fingerprint density at radius 2 is 1.64 bits per heavy atom. The van der Waals surface area contributed by atoms with E-state index in [2.05, 4.69) is 4.98 Å². The highest BCUT2D eigenvalue weighted by molar-refractivity contribution is 6.25. The molecule has 1 fully saturated rings. The fraction of sp³-hybridized carbons (Fsp3) is 0.194. The Balaban J connectivity index is 1.16. The number of ketones is 2. The predicted octanol–water partition coefficient (Wildman–Crippen LogP) is 5.83. The molecule has 4 atom stereocenters. The fourth-order valence-electron chi connectivity index (χ4n) is 7.43. The minimum absolute atomic E-state index is 0.0871. The molecule has 2 heterocycles. The lowest BCUT2D eigenvalue weighted by Crippen LogP contribution is -2.39. The summed E-state index contributed by atoms with van der Waals surface area (Å²) < 4.78 is 5.88. The monoisotopic (exact) mass is 582 g/mol. The van der Waals surface area contributed by atoms with E-state index in [0.29, 0.717) is 40.3 Å². The Kier molecular flexibility index (Phi) is 5.71. The first-order valence-electron chi connectivity index (χ1n) is 14.6. The van der Waals surface area contributed by atoms with Gasteiger partial charge in [-0.3, -0.25) is 24.1 Å². The van der Waals surface area contributed by atoms with Gasteiger partial charge >= 0.3 is 0 Å². The van der Waals surface area contributed by atoms with E-state index in [1.165, 1.54) is 11.0 Å². The van der Waals surface area contributed by atoms with Crippen molar-refractivity contribution in [3.63, 3.8) is 0 Å². The van der Waals surface area contributed by atoms with Gasteiger partial charge in [0.2, 0.25) is 17.7 Å². The van der Waals surface area contributed by atoms with Crippen LogP contribution < -0.4 is 4.90 Å². The molecule has 216 valence electrons. The molecule has 4 aromatic rings. The third-order valence-electron chi connectivity index (χ3n) is 9.45. The number of imide groups is 1. The number of Topliss-reactive ketones (excluding diaryl/α,β-unsaturated/α-hetero) is 1. The summed E-state index contributed by atoms with van der Waals surface area (Å²) in [7, 11) is 0. The molecule has 0 unspecified atom stereocenters. The molecular weight excluding hydrogens is 556 g/mol. The Bertz CT molecular complexity index is 2000. The van der Waals surface area contributed by atoms with E-state index in [-0.39, 0.29) is 35.6 Å². The van der Waals surface area contributed by atoms with Crippen molar-refractivity contribution in [2.45, 2.75) is 25.7 Å². The molecule has 3 aromatic carbocycles. The second-order valence-corrected chi connectivity index (χ2v) is 11.9. The summed E-state index contributed by atoms with van der Waals surface area (Å²) in [5, 5.41) is 9.93. The number of nitrogens with zero attached hydrogens (tertiary/aromatic N) is 2. The number of phenolic OH excluding ortho intramolecular Hbond substituents is 1. The molecule has 0 saturated carbocycles. The normalized spacial score (nSPS) is 24.7. The second kappa shape index (κ2) is 9.57. The van der Waals surface area contributed by atoms with Gasteiger partial charge in [-0.05, 0) is 85.9 Å². The van der Waals surface area contributed by atoms with Crippen molar-refractivity contribution in [3.8, 4) is 17.2 Å². The first-order chi connectivity index (χ1) is 21.3. The number of allylic oxidation sites excluding steroid dienone is 6. The number of carbonyl (C=O) groups is 4. The zero-order valence-electron chi connectivity index (χ0n) is 23.7. The van der Waals surface area contributed by atoms with Gasteiger partial charge in [0.1, 0.15) is 11.3 Å². The number of carbonyl (C=O) groups excluding carboxylic acids is 4. The molecule has 1 N–H and O–H groups in total. The number of phenols is 1. The maximum Gasteiger partial charge on any atom is 0.238 e. The summed E-state index contributed by atoms with van der Waals surface area (Å²) in [4.78, 5) is 60.6. The Labute approximate surface area is 252 Å². The molecule has 0 radical (unpaired) electrons. The standard InChI is InChI=1S/C36H26N2O6/c1-18-16-28(40)32-26(33(18)41)17-25-23(30(32)19-8-12-22(39)13-9-19)14-15-24-31(25)36(43)38(35(24)42)21-10-6-20(7-11-21)34-37-27-4-2-3-5-29(27)44-34/h2-14,16,24-25,30-31,39H,15,17H2,1H3/t24-,25+,30-,31-/m0/s1. The molecule has 2 amide bonds. The first kappa shape index (κ1) is 26.3. The van der Waals surface area contributed by atoms with Crippen molar-refractivity contribution in [3.05, 3.63) is 113 Å². The SMILES string of the molecule is CC1=CC(=O)C2=C(C[C@@H]3C(=CC[C@@H]4C(=O)N(c5ccc(-c6nc7ccccc7o6)cc5)C(=O)[C@@H]43)[C@@H]2c2ccc(O)cc2)C1=O. The molecule has 1 saturated heterocycles. The van der Waals surface area contributed by atoms with Crippen LogP contribution in [0.3, 0.4) is 0 Å². The quantitative estimate of drug-likeness (QED) is 0.183. The van der Waals surface area contributed by atoms with E-state index in [1.54, 1.807) is 55.5 Å². The van der Waals surface area contributed by atoms with Gasteiger partial charge in [-0.1, -0.05) is 35.9 Å². The maximum atomic E-state index is 14.2. The first-order valence-corrected chi connectivity index (χ1v) is 14.6. The van der Waals surface area contributed by atoms with Gasteiger partial charge in [0.15, 0.2) is 17.1 Å². The molecule has 3 aliphatic carbocycles. The van der Waals surface area contributed by atoms with Gasteiger partial charge in [-0.2, -0.15) is 0 Å². The lowest BCUT2D eigenvalue weighted by Gasteiger charge is -2.42. The van der Waals surface area contributed by atoms with E-state index in [1.807, 2.05) is 30.3 Å². The minimum Gasteiger partial charge on any atom is -0.508 e. The van der Waals surface area contributed by atoms with Crippen molar-refractivity contribution in [2.24, 2.45) is 17.8 Å². The van der Waals surface area contributed by atoms with Crippen molar-refractivity contribution in [2.75, 3.05) is 4.90 Å². The summed E-state index contributed by atoms with van der Waals surface area (Å²) in [5.74, 6) is -2.66. The molecular formula is C36H26N2O6. The zero-order chi connectivity index (χ0) is 30.3. The van der Waals surface area contributed by atoms with Crippen LogP contribution in [0.25, 0.3) is 22.6 Å². The van der Waals surface area contributed by atoms with Gasteiger partial charge in [0, 0.05) is 28.2 Å². The van der Waals surface area contributed by atoms with Crippen LogP contribution in [-0.4, -0.2) is 33.5 Å². The predicted molar refractivity (Wildman–Crippen MR) is 161 cm³/mol. The summed E-state index contributed by atoms with van der Waals surface area (Å²) in [5.41, 5.74) is 5.43. The Morgan fingerprint density at radius 3 is 2.39 bits per heavy atom. The topological polar surface area (TPSA) is 118 Å². The van der Waals surface area contributed by atoms with Gasteiger partial charge in [0.05, 0.1) is 17.5 Å². The molecule has 4 aliphatic rings. The number of oxazole rings is 1. The summed E-state index contributed by atoms with van der Waals surface area (Å²) in [6.45, 7) is 1.63. The fourth-order valence-corrected chi connectivity index (χ4v) is 7.43. The van der Waals surface area contributed by atoms with Crippen LogP contribution in [0, 0.1) is 17.8 Å². The van der Waals surface area contributed by atoms with Crippen LogP contribution in [0.5, 0.6) is 5.75 Å². The Hall–Kier alpha value is -5.37. The van der Waals surface area contributed by atoms with Crippen LogP contribution in [0.2, 0.25) is 0 Å². The second-order valence-electron chi connectivity index (χ2n) is 11.9. The van der Waals surface area contributed by atoms with Gasteiger partial charge in [0.25, 0.3) is 0 Å². The number of amides is 2.